The molecule has 0 saturated carbocycles. The van der Waals surface area contributed by atoms with Gasteiger partial charge in [-0.1, -0.05) is 0 Å². The first-order chi connectivity index (χ1) is 5.79. The maximum absolute atomic E-state index is 12.2. The molecule has 2 aromatic rings. The molecular weight excluding hydrogens is 164 g/mol. The highest BCUT2D eigenvalue weighted by Crippen LogP contribution is 2.18. The molecule has 0 fully saturated rings. The Kier molecular flexibility index (Phi) is 1.49. The summed E-state index contributed by atoms with van der Waals surface area (Å²) in [4.78, 5) is 7.52. The van der Waals surface area contributed by atoms with Crippen LogP contribution in [0.3, 0.4) is 0 Å². The van der Waals surface area contributed by atoms with Crippen molar-refractivity contribution in [3.05, 3.63) is 30.5 Å². The quantitative estimate of drug-likeness (QED) is 0.649. The van der Waals surface area contributed by atoms with Gasteiger partial charge in [-0.3, -0.25) is 9.38 Å². The SMILES string of the molecule is FC(F)c1cnc2cnccn12. The minimum atomic E-state index is -2.50. The Labute approximate surface area is 66.7 Å². The van der Waals surface area contributed by atoms with Crippen molar-refractivity contribution >= 4 is 5.65 Å². The Morgan fingerprint density at radius 1 is 1.33 bits per heavy atom. The second kappa shape index (κ2) is 2.51. The fourth-order valence-corrected chi connectivity index (χ4v) is 1.02. The fourth-order valence-electron chi connectivity index (χ4n) is 1.02. The molecular formula is C7H5F2N3. The first-order valence-corrected chi connectivity index (χ1v) is 3.34. The molecule has 0 spiro atoms. The van der Waals surface area contributed by atoms with Crippen molar-refractivity contribution in [2.24, 2.45) is 0 Å². The molecule has 0 aliphatic heterocycles. The molecule has 0 aromatic carbocycles. The van der Waals surface area contributed by atoms with E-state index in [2.05, 4.69) is 9.97 Å². The number of imidazole rings is 1. The average Bonchev–Trinajstić information content (AvgIpc) is 2.47. The van der Waals surface area contributed by atoms with Crippen LogP contribution in [0.1, 0.15) is 12.1 Å². The molecule has 0 radical (unpaired) electrons. The van der Waals surface area contributed by atoms with Crippen molar-refractivity contribution in [1.29, 1.82) is 0 Å². The molecule has 0 aliphatic rings. The summed E-state index contributed by atoms with van der Waals surface area (Å²) in [6.07, 6.45) is 3.00. The Bertz CT molecular complexity index is 396. The normalized spacial score (nSPS) is 11.2. The Balaban J connectivity index is 2.70. The zero-order chi connectivity index (χ0) is 8.55. The van der Waals surface area contributed by atoms with Crippen LogP contribution in [-0.4, -0.2) is 14.4 Å². The largest absolute Gasteiger partial charge is 0.296 e. The number of nitrogens with zero attached hydrogens (tertiary/aromatic N) is 3. The van der Waals surface area contributed by atoms with E-state index in [1.807, 2.05) is 0 Å². The summed E-state index contributed by atoms with van der Waals surface area (Å²) < 4.78 is 25.8. The second-order valence-corrected chi connectivity index (χ2v) is 2.29. The highest BCUT2D eigenvalue weighted by atomic mass is 19.3. The summed E-state index contributed by atoms with van der Waals surface area (Å²) in [5, 5.41) is 0. The number of rotatable bonds is 1. The van der Waals surface area contributed by atoms with E-state index in [4.69, 9.17) is 0 Å². The monoisotopic (exact) mass is 169 g/mol. The van der Waals surface area contributed by atoms with Crippen molar-refractivity contribution in [1.82, 2.24) is 14.4 Å². The maximum Gasteiger partial charge on any atom is 0.280 e. The fraction of sp³-hybridized carbons (Fsp3) is 0.143. The van der Waals surface area contributed by atoms with Gasteiger partial charge in [0.15, 0.2) is 5.65 Å². The molecule has 0 unspecified atom stereocenters. The van der Waals surface area contributed by atoms with Gasteiger partial charge in [-0.05, 0) is 0 Å². The number of aromatic nitrogens is 3. The smallest absolute Gasteiger partial charge is 0.280 e. The molecule has 5 heteroatoms. The van der Waals surface area contributed by atoms with E-state index in [9.17, 15) is 8.78 Å². The lowest BCUT2D eigenvalue weighted by atomic mass is 10.5. The molecule has 3 nitrogen and oxygen atoms in total. The number of hydrogen-bond donors (Lipinski definition) is 0. The van der Waals surface area contributed by atoms with Gasteiger partial charge in [-0.2, -0.15) is 0 Å². The summed E-state index contributed by atoms with van der Waals surface area (Å²) in [5.74, 6) is 0. The number of alkyl halides is 2. The molecule has 0 bridgehead atoms. The molecule has 62 valence electrons. The summed E-state index contributed by atoms with van der Waals surface area (Å²) >= 11 is 0. The van der Waals surface area contributed by atoms with Gasteiger partial charge in [0.25, 0.3) is 6.43 Å². The van der Waals surface area contributed by atoms with Gasteiger partial charge in [0.2, 0.25) is 0 Å². The number of fused-ring (bicyclic) bond motifs is 1. The van der Waals surface area contributed by atoms with Crippen LogP contribution in [0, 0.1) is 0 Å². The summed E-state index contributed by atoms with van der Waals surface area (Å²) in [6.45, 7) is 0. The molecule has 0 aliphatic carbocycles. The van der Waals surface area contributed by atoms with E-state index >= 15 is 0 Å². The minimum absolute atomic E-state index is 0.104. The number of hydrogen-bond acceptors (Lipinski definition) is 2. The van der Waals surface area contributed by atoms with Crippen molar-refractivity contribution in [3.8, 4) is 0 Å². The molecule has 12 heavy (non-hydrogen) atoms. The molecule has 0 atom stereocenters. The van der Waals surface area contributed by atoms with Crippen molar-refractivity contribution in [3.63, 3.8) is 0 Å². The Hall–Kier alpha value is -1.52. The van der Waals surface area contributed by atoms with Gasteiger partial charge in [0, 0.05) is 12.4 Å². The lowest BCUT2D eigenvalue weighted by molar-refractivity contribution is 0.145. The van der Waals surface area contributed by atoms with Gasteiger partial charge >= 0.3 is 0 Å². The van der Waals surface area contributed by atoms with Gasteiger partial charge < -0.3 is 0 Å². The van der Waals surface area contributed by atoms with E-state index in [-0.39, 0.29) is 5.69 Å². The highest BCUT2D eigenvalue weighted by Gasteiger charge is 2.12. The third kappa shape index (κ3) is 0.939. The molecule has 0 N–H and O–H groups in total. The molecule has 2 aromatic heterocycles. The van der Waals surface area contributed by atoms with Crippen LogP contribution in [0.25, 0.3) is 5.65 Å². The predicted molar refractivity (Wildman–Crippen MR) is 37.9 cm³/mol. The standard InChI is InChI=1S/C7H5F2N3/c8-7(9)5-3-11-6-4-10-1-2-12(5)6/h1-4,7H. The van der Waals surface area contributed by atoms with Crippen LogP contribution in [0.4, 0.5) is 8.78 Å². The zero-order valence-corrected chi connectivity index (χ0v) is 5.98. The summed E-state index contributed by atoms with van der Waals surface area (Å²) in [7, 11) is 0. The van der Waals surface area contributed by atoms with E-state index in [1.165, 1.54) is 23.0 Å². The molecule has 0 amide bonds. The lowest BCUT2D eigenvalue weighted by Gasteiger charge is -1.97. The van der Waals surface area contributed by atoms with E-state index in [0.717, 1.165) is 6.20 Å². The minimum Gasteiger partial charge on any atom is -0.296 e. The Morgan fingerprint density at radius 2 is 2.17 bits per heavy atom. The summed E-state index contributed by atoms with van der Waals surface area (Å²) in [5.41, 5.74) is 0.334. The third-order valence-electron chi connectivity index (χ3n) is 1.57. The summed E-state index contributed by atoms with van der Waals surface area (Å²) in [6, 6.07) is 0. The predicted octanol–water partition coefficient (Wildman–Crippen LogP) is 1.67. The van der Waals surface area contributed by atoms with Crippen LogP contribution in [0.2, 0.25) is 0 Å². The zero-order valence-electron chi connectivity index (χ0n) is 5.98. The van der Waals surface area contributed by atoms with Crippen molar-refractivity contribution < 1.29 is 8.78 Å². The van der Waals surface area contributed by atoms with Crippen LogP contribution < -0.4 is 0 Å². The van der Waals surface area contributed by atoms with Gasteiger partial charge in [0.1, 0.15) is 5.69 Å². The van der Waals surface area contributed by atoms with Gasteiger partial charge in [0.05, 0.1) is 12.4 Å². The van der Waals surface area contributed by atoms with Crippen molar-refractivity contribution in [2.75, 3.05) is 0 Å². The first kappa shape index (κ1) is 7.15. The Morgan fingerprint density at radius 3 is 2.92 bits per heavy atom. The van der Waals surface area contributed by atoms with Gasteiger partial charge in [-0.25, -0.2) is 13.8 Å². The number of halogens is 2. The second-order valence-electron chi connectivity index (χ2n) is 2.29. The molecule has 2 heterocycles. The van der Waals surface area contributed by atoms with Crippen LogP contribution in [-0.2, 0) is 0 Å². The highest BCUT2D eigenvalue weighted by molar-refractivity contribution is 5.37. The molecule has 2 rings (SSSR count). The topological polar surface area (TPSA) is 30.2 Å². The van der Waals surface area contributed by atoms with Crippen LogP contribution in [0.5, 0.6) is 0 Å². The van der Waals surface area contributed by atoms with Gasteiger partial charge in [-0.15, -0.1) is 0 Å². The van der Waals surface area contributed by atoms with Crippen LogP contribution in [0.15, 0.2) is 24.8 Å². The average molecular weight is 169 g/mol. The van der Waals surface area contributed by atoms with E-state index < -0.39 is 6.43 Å². The van der Waals surface area contributed by atoms with E-state index in [0.29, 0.717) is 5.65 Å². The molecule has 0 saturated heterocycles. The third-order valence-corrected chi connectivity index (χ3v) is 1.57. The lowest BCUT2D eigenvalue weighted by Crippen LogP contribution is -1.92. The van der Waals surface area contributed by atoms with E-state index in [1.54, 1.807) is 0 Å². The van der Waals surface area contributed by atoms with Crippen LogP contribution >= 0.6 is 0 Å². The van der Waals surface area contributed by atoms with Crippen molar-refractivity contribution in [2.45, 2.75) is 6.43 Å². The first-order valence-electron chi connectivity index (χ1n) is 3.34. The maximum atomic E-state index is 12.2.